The van der Waals surface area contributed by atoms with Gasteiger partial charge in [-0.05, 0) is 24.1 Å². The Morgan fingerprint density at radius 1 is 1.29 bits per heavy atom. The largest absolute Gasteiger partial charge is 0.508 e. The van der Waals surface area contributed by atoms with Crippen LogP contribution >= 0.6 is 0 Å². The van der Waals surface area contributed by atoms with Gasteiger partial charge in [0, 0.05) is 25.0 Å². The van der Waals surface area contributed by atoms with Crippen LogP contribution in [0.25, 0.3) is 6.08 Å². The molecule has 1 aromatic carbocycles. The number of benzene rings is 1. The van der Waals surface area contributed by atoms with E-state index in [4.69, 9.17) is 4.74 Å². The smallest absolute Gasteiger partial charge is 0.181 e. The molecule has 5 nitrogen and oxygen atoms in total. The van der Waals surface area contributed by atoms with Gasteiger partial charge in [-0.2, -0.15) is 0 Å². The van der Waals surface area contributed by atoms with E-state index in [0.29, 0.717) is 30.4 Å². The standard InChI is InChI=1S/C16H16O5/c1-21-16-9-12(18)8-15(20)13(16)6-7-14(19)10-2-4-11(17)5-3-10/h2,6-9,18,20H,3-5H2,1H3. The molecule has 110 valence electrons. The maximum Gasteiger partial charge on any atom is 0.181 e. The summed E-state index contributed by atoms with van der Waals surface area (Å²) in [5, 5.41) is 19.2. The van der Waals surface area contributed by atoms with E-state index < -0.39 is 0 Å². The monoisotopic (exact) mass is 288 g/mol. The minimum absolute atomic E-state index is 0.124. The van der Waals surface area contributed by atoms with E-state index >= 15 is 0 Å². The first-order chi connectivity index (χ1) is 10.0. The van der Waals surface area contributed by atoms with Crippen LogP contribution < -0.4 is 4.74 Å². The van der Waals surface area contributed by atoms with E-state index in [1.165, 1.54) is 31.4 Å². The van der Waals surface area contributed by atoms with Crippen molar-refractivity contribution in [1.29, 1.82) is 0 Å². The third kappa shape index (κ3) is 3.51. The summed E-state index contributed by atoms with van der Waals surface area (Å²) in [4.78, 5) is 23.1. The van der Waals surface area contributed by atoms with Crippen LogP contribution in [0.1, 0.15) is 24.8 Å². The minimum atomic E-state index is -0.197. The van der Waals surface area contributed by atoms with Crippen molar-refractivity contribution in [3.05, 3.63) is 35.4 Å². The second kappa shape index (κ2) is 6.26. The highest BCUT2D eigenvalue weighted by Gasteiger charge is 2.15. The molecule has 0 saturated heterocycles. The van der Waals surface area contributed by atoms with Crippen molar-refractivity contribution in [2.75, 3.05) is 7.11 Å². The van der Waals surface area contributed by atoms with Crippen molar-refractivity contribution in [3.63, 3.8) is 0 Å². The second-order valence-electron chi connectivity index (χ2n) is 4.75. The zero-order chi connectivity index (χ0) is 15.4. The predicted molar refractivity (Wildman–Crippen MR) is 77.3 cm³/mol. The van der Waals surface area contributed by atoms with Gasteiger partial charge in [-0.1, -0.05) is 6.08 Å². The van der Waals surface area contributed by atoms with E-state index in [1.54, 1.807) is 6.08 Å². The van der Waals surface area contributed by atoms with Crippen LogP contribution in [0.15, 0.2) is 29.9 Å². The molecule has 2 N–H and O–H groups in total. The van der Waals surface area contributed by atoms with Crippen LogP contribution in [0.5, 0.6) is 17.2 Å². The maximum atomic E-state index is 12.0. The van der Waals surface area contributed by atoms with Crippen LogP contribution in [0.2, 0.25) is 0 Å². The molecular formula is C16H16O5. The van der Waals surface area contributed by atoms with Crippen molar-refractivity contribution in [1.82, 2.24) is 0 Å². The second-order valence-corrected chi connectivity index (χ2v) is 4.75. The molecule has 21 heavy (non-hydrogen) atoms. The summed E-state index contributed by atoms with van der Waals surface area (Å²) in [5.74, 6) is -0.0974. The molecule has 1 aliphatic rings. The number of hydrogen-bond donors (Lipinski definition) is 2. The zero-order valence-electron chi connectivity index (χ0n) is 11.6. The van der Waals surface area contributed by atoms with E-state index in [0.717, 1.165) is 0 Å². The normalized spacial score (nSPS) is 15.1. The number of rotatable bonds is 4. The number of carbonyl (C=O) groups is 2. The molecule has 1 aromatic rings. The Bertz CT molecular complexity index is 640. The average Bonchev–Trinajstić information content (AvgIpc) is 2.46. The number of allylic oxidation sites excluding steroid dienone is 3. The first kappa shape index (κ1) is 14.8. The van der Waals surface area contributed by atoms with Gasteiger partial charge < -0.3 is 14.9 Å². The van der Waals surface area contributed by atoms with Crippen LogP contribution in [-0.4, -0.2) is 28.9 Å². The van der Waals surface area contributed by atoms with E-state index in [1.807, 2.05) is 0 Å². The Morgan fingerprint density at radius 2 is 2.05 bits per heavy atom. The molecule has 5 heteroatoms. The number of ketones is 2. The molecule has 2 rings (SSSR count). The Morgan fingerprint density at radius 3 is 2.67 bits per heavy atom. The Labute approximate surface area is 122 Å². The molecule has 0 bridgehead atoms. The maximum absolute atomic E-state index is 12.0. The van der Waals surface area contributed by atoms with Gasteiger partial charge in [0.1, 0.15) is 23.0 Å². The third-order valence-electron chi connectivity index (χ3n) is 3.29. The Hall–Kier alpha value is -2.56. The predicted octanol–water partition coefficient (Wildman–Crippen LogP) is 2.37. The number of carbonyl (C=O) groups excluding carboxylic acids is 2. The zero-order valence-corrected chi connectivity index (χ0v) is 11.6. The number of hydrogen-bond acceptors (Lipinski definition) is 5. The van der Waals surface area contributed by atoms with E-state index in [-0.39, 0.29) is 28.8 Å². The molecule has 0 amide bonds. The topological polar surface area (TPSA) is 83.8 Å². The summed E-state index contributed by atoms with van der Waals surface area (Å²) in [6, 6.07) is 2.52. The first-order valence-corrected chi connectivity index (χ1v) is 6.54. The van der Waals surface area contributed by atoms with E-state index in [9.17, 15) is 19.8 Å². The fourth-order valence-corrected chi connectivity index (χ4v) is 2.14. The van der Waals surface area contributed by atoms with Crippen LogP contribution in [0.4, 0.5) is 0 Å². The summed E-state index contributed by atoms with van der Waals surface area (Å²) in [6.45, 7) is 0. The summed E-state index contributed by atoms with van der Waals surface area (Å²) >= 11 is 0. The van der Waals surface area contributed by atoms with Gasteiger partial charge in [-0.3, -0.25) is 9.59 Å². The van der Waals surface area contributed by atoms with Gasteiger partial charge in [-0.25, -0.2) is 0 Å². The van der Waals surface area contributed by atoms with Gasteiger partial charge in [0.25, 0.3) is 0 Å². The number of aromatic hydroxyl groups is 2. The fraction of sp³-hybridized carbons (Fsp3) is 0.250. The summed E-state index contributed by atoms with van der Waals surface area (Å²) < 4.78 is 5.06. The Kier molecular flexibility index (Phi) is 4.42. The van der Waals surface area contributed by atoms with Crippen molar-refractivity contribution in [3.8, 4) is 17.2 Å². The van der Waals surface area contributed by atoms with E-state index in [2.05, 4.69) is 0 Å². The van der Waals surface area contributed by atoms with Crippen molar-refractivity contribution in [2.45, 2.75) is 19.3 Å². The molecule has 0 saturated carbocycles. The van der Waals surface area contributed by atoms with Gasteiger partial charge >= 0.3 is 0 Å². The lowest BCUT2D eigenvalue weighted by Crippen LogP contribution is -2.08. The van der Waals surface area contributed by atoms with Gasteiger partial charge in [0.05, 0.1) is 12.7 Å². The van der Waals surface area contributed by atoms with Crippen LogP contribution in [0, 0.1) is 0 Å². The highest BCUT2D eigenvalue weighted by Crippen LogP contribution is 2.33. The van der Waals surface area contributed by atoms with Crippen molar-refractivity contribution in [2.24, 2.45) is 0 Å². The number of methoxy groups -OCH3 is 1. The van der Waals surface area contributed by atoms with Gasteiger partial charge in [-0.15, -0.1) is 0 Å². The average molecular weight is 288 g/mol. The van der Waals surface area contributed by atoms with Gasteiger partial charge in [0.2, 0.25) is 0 Å². The molecule has 1 aliphatic carbocycles. The van der Waals surface area contributed by atoms with Gasteiger partial charge in [0.15, 0.2) is 5.78 Å². The molecular weight excluding hydrogens is 272 g/mol. The number of Topliss-reactive ketones (excluding diaryl/α,β-unsaturated/α-hetero) is 1. The fourth-order valence-electron chi connectivity index (χ4n) is 2.14. The SMILES string of the molecule is COc1cc(O)cc(O)c1C=CC(=O)C1=CCC(=O)CC1. The quantitative estimate of drug-likeness (QED) is 0.831. The number of phenolic OH excluding ortho intramolecular Hbond substituents is 2. The summed E-state index contributed by atoms with van der Waals surface area (Å²) in [6.07, 6.45) is 5.54. The summed E-state index contributed by atoms with van der Waals surface area (Å²) in [5.41, 5.74) is 0.916. The van der Waals surface area contributed by atoms with Crippen molar-refractivity contribution < 1.29 is 24.5 Å². The minimum Gasteiger partial charge on any atom is -0.508 e. The molecule has 0 spiro atoms. The number of phenols is 2. The molecule has 0 aromatic heterocycles. The Balaban J connectivity index is 2.22. The highest BCUT2D eigenvalue weighted by atomic mass is 16.5. The molecule has 0 fully saturated rings. The first-order valence-electron chi connectivity index (χ1n) is 6.54. The summed E-state index contributed by atoms with van der Waals surface area (Å²) in [7, 11) is 1.41. The van der Waals surface area contributed by atoms with Crippen LogP contribution in [0.3, 0.4) is 0 Å². The molecule has 0 atom stereocenters. The molecule has 0 heterocycles. The van der Waals surface area contributed by atoms with Crippen molar-refractivity contribution >= 4 is 17.6 Å². The lowest BCUT2D eigenvalue weighted by atomic mass is 9.95. The van der Waals surface area contributed by atoms with Crippen LogP contribution in [-0.2, 0) is 9.59 Å². The number of ether oxygens (including phenoxy) is 1. The third-order valence-corrected chi connectivity index (χ3v) is 3.29. The molecule has 0 aliphatic heterocycles. The molecule has 0 unspecified atom stereocenters. The lowest BCUT2D eigenvalue weighted by molar-refractivity contribution is -0.118. The lowest BCUT2D eigenvalue weighted by Gasteiger charge is -2.09. The molecule has 0 radical (unpaired) electrons. The highest BCUT2D eigenvalue weighted by molar-refractivity contribution is 6.07.